The van der Waals surface area contributed by atoms with Crippen molar-refractivity contribution in [1.29, 1.82) is 0 Å². The molecular weight excluding hydrogens is 259 g/mol. The fourth-order valence-electron chi connectivity index (χ4n) is 1.50. The highest BCUT2D eigenvalue weighted by atomic mass is 35.5. The highest BCUT2D eigenvalue weighted by Crippen LogP contribution is 2.21. The van der Waals surface area contributed by atoms with Crippen LogP contribution in [-0.2, 0) is 4.79 Å². The lowest BCUT2D eigenvalue weighted by molar-refractivity contribution is -0.139. The molecule has 1 aromatic carbocycles. The van der Waals surface area contributed by atoms with Crippen LogP contribution in [0, 0.1) is 5.82 Å². The number of nitrogens with one attached hydrogen (secondary N) is 1. The van der Waals surface area contributed by atoms with E-state index in [1.807, 2.05) is 19.0 Å². The molecule has 1 rings (SSSR count). The zero-order chi connectivity index (χ0) is 13.7. The third-order valence-electron chi connectivity index (χ3n) is 2.43. The molecule has 0 aromatic heterocycles. The number of halogens is 2. The Morgan fingerprint density at radius 3 is 2.72 bits per heavy atom. The first-order valence-corrected chi connectivity index (χ1v) is 5.85. The van der Waals surface area contributed by atoms with Crippen LogP contribution in [0.2, 0.25) is 5.02 Å². The number of aliphatic carboxylic acids is 1. The Kier molecular flexibility index (Phi) is 5.53. The summed E-state index contributed by atoms with van der Waals surface area (Å²) >= 11 is 5.63. The van der Waals surface area contributed by atoms with E-state index in [0.29, 0.717) is 13.1 Å². The minimum atomic E-state index is -1.12. The second-order valence-electron chi connectivity index (χ2n) is 4.19. The number of hydrogen-bond donors (Lipinski definition) is 2. The number of benzene rings is 1. The van der Waals surface area contributed by atoms with Crippen LogP contribution in [0.5, 0.6) is 0 Å². The highest BCUT2D eigenvalue weighted by molar-refractivity contribution is 6.30. The lowest BCUT2D eigenvalue weighted by atomic mass is 10.1. The molecule has 6 heteroatoms. The molecule has 0 aliphatic heterocycles. The van der Waals surface area contributed by atoms with Crippen LogP contribution in [0.25, 0.3) is 0 Å². The molecule has 0 aliphatic carbocycles. The van der Waals surface area contributed by atoms with Crippen molar-refractivity contribution in [2.75, 3.05) is 27.2 Å². The Balaban J connectivity index is 2.81. The van der Waals surface area contributed by atoms with Gasteiger partial charge >= 0.3 is 5.97 Å². The molecule has 0 amide bonds. The minimum Gasteiger partial charge on any atom is -0.480 e. The van der Waals surface area contributed by atoms with E-state index in [9.17, 15) is 9.18 Å². The van der Waals surface area contributed by atoms with Gasteiger partial charge in [0.05, 0.1) is 0 Å². The lowest BCUT2D eigenvalue weighted by Crippen LogP contribution is -2.34. The van der Waals surface area contributed by atoms with Gasteiger partial charge in [-0.05, 0) is 26.2 Å². The summed E-state index contributed by atoms with van der Waals surface area (Å²) in [5.74, 6) is -1.73. The van der Waals surface area contributed by atoms with Gasteiger partial charge in [-0.25, -0.2) is 4.39 Å². The van der Waals surface area contributed by atoms with Crippen molar-refractivity contribution >= 4 is 17.6 Å². The van der Waals surface area contributed by atoms with Gasteiger partial charge in [0.2, 0.25) is 0 Å². The van der Waals surface area contributed by atoms with Gasteiger partial charge in [-0.15, -0.1) is 0 Å². The van der Waals surface area contributed by atoms with Gasteiger partial charge in [-0.2, -0.15) is 0 Å². The summed E-state index contributed by atoms with van der Waals surface area (Å²) in [6, 6.07) is 2.91. The average molecular weight is 275 g/mol. The zero-order valence-electron chi connectivity index (χ0n) is 10.3. The lowest BCUT2D eigenvalue weighted by Gasteiger charge is -2.17. The first-order valence-electron chi connectivity index (χ1n) is 5.47. The van der Waals surface area contributed by atoms with E-state index in [4.69, 9.17) is 16.7 Å². The van der Waals surface area contributed by atoms with E-state index >= 15 is 0 Å². The van der Waals surface area contributed by atoms with E-state index in [1.165, 1.54) is 12.1 Å². The molecule has 0 saturated heterocycles. The largest absolute Gasteiger partial charge is 0.480 e. The van der Waals surface area contributed by atoms with Gasteiger partial charge in [0, 0.05) is 23.7 Å². The second kappa shape index (κ2) is 6.68. The van der Waals surface area contributed by atoms with Gasteiger partial charge in [0.15, 0.2) is 0 Å². The Morgan fingerprint density at radius 1 is 1.56 bits per heavy atom. The number of hydrogen-bond acceptors (Lipinski definition) is 3. The fraction of sp³-hybridized carbons (Fsp3) is 0.417. The molecule has 0 heterocycles. The molecule has 0 saturated carbocycles. The third-order valence-corrected chi connectivity index (χ3v) is 2.66. The first kappa shape index (κ1) is 14.9. The number of carbonyl (C=O) groups is 1. The van der Waals surface area contributed by atoms with Crippen LogP contribution in [0.3, 0.4) is 0 Å². The molecule has 0 bridgehead atoms. The number of carboxylic acid groups (broad SMARTS) is 1. The van der Waals surface area contributed by atoms with Crippen molar-refractivity contribution in [1.82, 2.24) is 10.2 Å². The molecule has 0 radical (unpaired) electrons. The van der Waals surface area contributed by atoms with E-state index in [1.54, 1.807) is 0 Å². The van der Waals surface area contributed by atoms with Crippen LogP contribution < -0.4 is 5.32 Å². The molecular formula is C12H16ClFN2O2. The zero-order valence-corrected chi connectivity index (χ0v) is 11.0. The normalized spacial score (nSPS) is 12.7. The Morgan fingerprint density at radius 2 is 2.22 bits per heavy atom. The molecule has 4 nitrogen and oxygen atoms in total. The van der Waals surface area contributed by atoms with Gasteiger partial charge in [0.25, 0.3) is 0 Å². The van der Waals surface area contributed by atoms with Crippen LogP contribution in [0.4, 0.5) is 4.39 Å². The Labute approximate surface area is 110 Å². The third kappa shape index (κ3) is 4.25. The number of rotatable bonds is 6. The van der Waals surface area contributed by atoms with Crippen molar-refractivity contribution in [2.24, 2.45) is 0 Å². The number of likely N-dealkylation sites (N-methyl/N-ethyl adjacent to an activating group) is 1. The molecule has 100 valence electrons. The Hall–Kier alpha value is -1.17. The minimum absolute atomic E-state index is 0.0886. The smallest absolute Gasteiger partial charge is 0.325 e. The molecule has 1 aromatic rings. The highest BCUT2D eigenvalue weighted by Gasteiger charge is 2.22. The molecule has 0 aliphatic rings. The van der Waals surface area contributed by atoms with E-state index < -0.39 is 17.8 Å². The molecule has 0 spiro atoms. The molecule has 18 heavy (non-hydrogen) atoms. The van der Waals surface area contributed by atoms with Gasteiger partial charge < -0.3 is 10.0 Å². The molecule has 1 unspecified atom stereocenters. The maximum Gasteiger partial charge on any atom is 0.325 e. The summed E-state index contributed by atoms with van der Waals surface area (Å²) in [6.07, 6.45) is 0. The first-order chi connectivity index (χ1) is 8.41. The maximum absolute atomic E-state index is 13.6. The molecule has 2 N–H and O–H groups in total. The van der Waals surface area contributed by atoms with Crippen molar-refractivity contribution in [3.05, 3.63) is 34.6 Å². The van der Waals surface area contributed by atoms with Gasteiger partial charge in [-0.1, -0.05) is 17.7 Å². The number of nitrogens with zero attached hydrogens (tertiary/aromatic N) is 1. The summed E-state index contributed by atoms with van der Waals surface area (Å²) in [7, 11) is 3.75. The molecule has 1 atom stereocenters. The Bertz CT molecular complexity index is 427. The maximum atomic E-state index is 13.6. The molecule has 0 fully saturated rings. The van der Waals surface area contributed by atoms with Crippen molar-refractivity contribution in [2.45, 2.75) is 6.04 Å². The number of carboxylic acids is 1. The fourth-order valence-corrected chi connectivity index (χ4v) is 1.66. The second-order valence-corrected chi connectivity index (χ2v) is 4.63. The summed E-state index contributed by atoms with van der Waals surface area (Å²) in [6.45, 7) is 1.12. The SMILES string of the molecule is CN(C)CCNC(C(=O)O)c1ccc(Cl)cc1F. The summed E-state index contributed by atoms with van der Waals surface area (Å²) in [5.41, 5.74) is 0.0886. The average Bonchev–Trinajstić information content (AvgIpc) is 2.25. The predicted molar refractivity (Wildman–Crippen MR) is 68.3 cm³/mol. The summed E-state index contributed by atoms with van der Waals surface area (Å²) < 4.78 is 13.6. The van der Waals surface area contributed by atoms with Crippen LogP contribution >= 0.6 is 11.6 Å². The van der Waals surface area contributed by atoms with Gasteiger partial charge in [0.1, 0.15) is 11.9 Å². The van der Waals surface area contributed by atoms with Gasteiger partial charge in [-0.3, -0.25) is 10.1 Å². The quantitative estimate of drug-likeness (QED) is 0.830. The van der Waals surface area contributed by atoms with E-state index in [2.05, 4.69) is 5.32 Å². The van der Waals surface area contributed by atoms with Crippen LogP contribution in [0.1, 0.15) is 11.6 Å². The van der Waals surface area contributed by atoms with E-state index in [0.717, 1.165) is 6.07 Å². The van der Waals surface area contributed by atoms with Crippen LogP contribution in [0.15, 0.2) is 18.2 Å². The topological polar surface area (TPSA) is 52.6 Å². The van der Waals surface area contributed by atoms with Crippen molar-refractivity contribution in [3.63, 3.8) is 0 Å². The van der Waals surface area contributed by atoms with Crippen LogP contribution in [-0.4, -0.2) is 43.2 Å². The monoisotopic (exact) mass is 274 g/mol. The predicted octanol–water partition coefficient (Wildman–Crippen LogP) is 1.76. The van der Waals surface area contributed by atoms with Crippen molar-refractivity contribution in [3.8, 4) is 0 Å². The standard InChI is InChI=1S/C12H16ClFN2O2/c1-16(2)6-5-15-11(12(17)18)9-4-3-8(13)7-10(9)14/h3-4,7,11,15H,5-6H2,1-2H3,(H,17,18). The van der Waals surface area contributed by atoms with Crippen molar-refractivity contribution < 1.29 is 14.3 Å². The summed E-state index contributed by atoms with van der Waals surface area (Å²) in [5, 5.41) is 12.2. The van der Waals surface area contributed by atoms with E-state index in [-0.39, 0.29) is 10.6 Å². The summed E-state index contributed by atoms with van der Waals surface area (Å²) in [4.78, 5) is 13.0.